The lowest BCUT2D eigenvalue weighted by Crippen LogP contribution is -2.49. The first-order valence-corrected chi connectivity index (χ1v) is 10.5. The van der Waals surface area contributed by atoms with Crippen LogP contribution in [0, 0.1) is 13.8 Å². The van der Waals surface area contributed by atoms with Gasteiger partial charge in [0.05, 0.1) is 24.3 Å². The minimum absolute atomic E-state index is 0.0748. The average Bonchev–Trinajstić information content (AvgIpc) is 3.05. The van der Waals surface area contributed by atoms with E-state index in [1.54, 1.807) is 0 Å². The van der Waals surface area contributed by atoms with E-state index in [1.165, 1.54) is 18.2 Å². The Bertz CT molecular complexity index is 855. The van der Waals surface area contributed by atoms with Crippen molar-refractivity contribution < 1.29 is 27.2 Å². The van der Waals surface area contributed by atoms with Crippen molar-refractivity contribution in [2.24, 2.45) is 0 Å². The van der Waals surface area contributed by atoms with Crippen LogP contribution in [0.1, 0.15) is 35.4 Å². The zero-order valence-corrected chi connectivity index (χ0v) is 17.9. The van der Waals surface area contributed by atoms with Gasteiger partial charge in [0.2, 0.25) is 5.91 Å². The lowest BCUT2D eigenvalue weighted by molar-refractivity contribution is -0.139. The maximum Gasteiger partial charge on any atom is 0.419 e. The SMILES string of the molecule is Cc1noc(C)c1CC(=O)N1CCN(CCCCOc2ccccc2C(F)(F)F)CC1. The number of hydrogen-bond acceptors (Lipinski definition) is 5. The van der Waals surface area contributed by atoms with Crippen LogP contribution < -0.4 is 4.74 Å². The Morgan fingerprint density at radius 3 is 2.48 bits per heavy atom. The molecule has 31 heavy (non-hydrogen) atoms. The van der Waals surface area contributed by atoms with E-state index in [0.29, 0.717) is 31.7 Å². The molecule has 9 heteroatoms. The second kappa shape index (κ2) is 10.2. The minimum Gasteiger partial charge on any atom is -0.493 e. The predicted octanol–water partition coefficient (Wildman–Crippen LogP) is 3.86. The van der Waals surface area contributed by atoms with Crippen molar-refractivity contribution in [1.82, 2.24) is 15.0 Å². The van der Waals surface area contributed by atoms with Gasteiger partial charge in [0, 0.05) is 31.7 Å². The molecule has 1 aliphatic heterocycles. The summed E-state index contributed by atoms with van der Waals surface area (Å²) in [6, 6.07) is 5.27. The number of aromatic nitrogens is 1. The fourth-order valence-corrected chi connectivity index (χ4v) is 3.68. The largest absolute Gasteiger partial charge is 0.493 e. The number of para-hydroxylation sites is 1. The molecule has 1 aliphatic rings. The number of alkyl halides is 3. The molecular formula is C22H28F3N3O3. The van der Waals surface area contributed by atoms with E-state index < -0.39 is 11.7 Å². The molecule has 2 heterocycles. The maximum absolute atomic E-state index is 13.0. The number of benzene rings is 1. The number of hydrogen-bond donors (Lipinski definition) is 0. The molecule has 0 atom stereocenters. The summed E-state index contributed by atoms with van der Waals surface area (Å²) in [4.78, 5) is 16.7. The standard InChI is InChI=1S/C22H28F3N3O3/c1-16-18(17(2)31-26-16)15-21(29)28-12-10-27(11-13-28)9-5-6-14-30-20-8-4-3-7-19(20)22(23,24)25/h3-4,7-8H,5-6,9-15H2,1-2H3. The number of carbonyl (C=O) groups excluding carboxylic acids is 1. The molecular weight excluding hydrogens is 411 g/mol. The molecule has 1 aromatic carbocycles. The monoisotopic (exact) mass is 439 g/mol. The van der Waals surface area contributed by atoms with Crippen LogP contribution in [-0.2, 0) is 17.4 Å². The molecule has 1 amide bonds. The Balaban J connectivity index is 1.34. The number of rotatable bonds is 8. The van der Waals surface area contributed by atoms with E-state index in [2.05, 4.69) is 10.1 Å². The molecule has 1 aromatic heterocycles. The Kier molecular flexibility index (Phi) is 7.59. The summed E-state index contributed by atoms with van der Waals surface area (Å²) < 4.78 is 49.4. The molecule has 2 aromatic rings. The number of unbranched alkanes of at least 4 members (excludes halogenated alkanes) is 1. The Morgan fingerprint density at radius 2 is 1.84 bits per heavy atom. The third-order valence-corrected chi connectivity index (χ3v) is 5.55. The second-order valence-electron chi connectivity index (χ2n) is 7.75. The summed E-state index contributed by atoms with van der Waals surface area (Å²) in [5, 5.41) is 3.89. The second-order valence-corrected chi connectivity index (χ2v) is 7.75. The number of ether oxygens (including phenoxy) is 1. The first-order valence-electron chi connectivity index (χ1n) is 10.5. The van der Waals surface area contributed by atoms with Gasteiger partial charge in [0.25, 0.3) is 0 Å². The van der Waals surface area contributed by atoms with E-state index in [-0.39, 0.29) is 18.3 Å². The maximum atomic E-state index is 13.0. The van der Waals surface area contributed by atoms with Gasteiger partial charge in [0.15, 0.2) is 0 Å². The fraction of sp³-hybridized carbons (Fsp3) is 0.545. The quantitative estimate of drug-likeness (QED) is 0.585. The first-order chi connectivity index (χ1) is 14.8. The molecule has 6 nitrogen and oxygen atoms in total. The van der Waals surface area contributed by atoms with Crippen LogP contribution in [-0.4, -0.2) is 60.2 Å². The molecule has 0 N–H and O–H groups in total. The molecule has 0 radical (unpaired) electrons. The van der Waals surface area contributed by atoms with E-state index in [0.717, 1.165) is 43.4 Å². The van der Waals surface area contributed by atoms with Gasteiger partial charge in [-0.1, -0.05) is 17.3 Å². The highest BCUT2D eigenvalue weighted by molar-refractivity contribution is 5.79. The number of amides is 1. The molecule has 0 aliphatic carbocycles. The molecule has 170 valence electrons. The smallest absolute Gasteiger partial charge is 0.419 e. The topological polar surface area (TPSA) is 58.8 Å². The van der Waals surface area contributed by atoms with Crippen molar-refractivity contribution in [2.45, 2.75) is 39.3 Å². The van der Waals surface area contributed by atoms with Crippen LogP contribution in [0.5, 0.6) is 5.75 Å². The normalized spacial score (nSPS) is 15.3. The molecule has 0 bridgehead atoms. The van der Waals surface area contributed by atoms with E-state index in [4.69, 9.17) is 9.26 Å². The van der Waals surface area contributed by atoms with Gasteiger partial charge in [-0.2, -0.15) is 13.2 Å². The van der Waals surface area contributed by atoms with E-state index >= 15 is 0 Å². The van der Waals surface area contributed by atoms with Crippen molar-refractivity contribution in [2.75, 3.05) is 39.3 Å². The van der Waals surface area contributed by atoms with Crippen molar-refractivity contribution in [1.29, 1.82) is 0 Å². The fourth-order valence-electron chi connectivity index (χ4n) is 3.68. The van der Waals surface area contributed by atoms with Gasteiger partial charge >= 0.3 is 6.18 Å². The summed E-state index contributed by atoms with van der Waals surface area (Å²) in [6.45, 7) is 7.61. The molecule has 0 spiro atoms. The Labute approximate surface area is 179 Å². The van der Waals surface area contributed by atoms with Crippen LogP contribution in [0.4, 0.5) is 13.2 Å². The molecule has 1 saturated heterocycles. The first kappa shape index (κ1) is 23.1. The summed E-state index contributed by atoms with van der Waals surface area (Å²) >= 11 is 0. The summed E-state index contributed by atoms with van der Waals surface area (Å²) in [5.41, 5.74) is 0.872. The van der Waals surface area contributed by atoms with E-state index in [9.17, 15) is 18.0 Å². The number of piperazine rings is 1. The molecule has 0 unspecified atom stereocenters. The van der Waals surface area contributed by atoms with Gasteiger partial charge in [-0.25, -0.2) is 0 Å². The molecule has 3 rings (SSSR count). The number of aryl methyl sites for hydroxylation is 2. The van der Waals surface area contributed by atoms with Crippen molar-refractivity contribution in [3.63, 3.8) is 0 Å². The summed E-state index contributed by atoms with van der Waals surface area (Å²) in [6.07, 6.45) is -2.63. The highest BCUT2D eigenvalue weighted by Crippen LogP contribution is 2.35. The summed E-state index contributed by atoms with van der Waals surface area (Å²) in [7, 11) is 0. The molecule has 1 fully saturated rings. The van der Waals surface area contributed by atoms with Crippen molar-refractivity contribution in [3.8, 4) is 5.75 Å². The van der Waals surface area contributed by atoms with Crippen LogP contribution in [0.15, 0.2) is 28.8 Å². The molecule has 0 saturated carbocycles. The van der Waals surface area contributed by atoms with Gasteiger partial charge in [0.1, 0.15) is 11.5 Å². The predicted molar refractivity (Wildman–Crippen MR) is 109 cm³/mol. The summed E-state index contributed by atoms with van der Waals surface area (Å²) in [5.74, 6) is 0.635. The van der Waals surface area contributed by atoms with Crippen LogP contribution >= 0.6 is 0 Å². The zero-order valence-electron chi connectivity index (χ0n) is 17.9. The van der Waals surface area contributed by atoms with Crippen LogP contribution in [0.3, 0.4) is 0 Å². The van der Waals surface area contributed by atoms with Crippen molar-refractivity contribution in [3.05, 3.63) is 46.8 Å². The third-order valence-electron chi connectivity index (χ3n) is 5.55. The van der Waals surface area contributed by atoms with Crippen molar-refractivity contribution >= 4 is 5.91 Å². The highest BCUT2D eigenvalue weighted by atomic mass is 19.4. The lowest BCUT2D eigenvalue weighted by Gasteiger charge is -2.34. The Hall–Kier alpha value is -2.55. The third kappa shape index (κ3) is 6.22. The highest BCUT2D eigenvalue weighted by Gasteiger charge is 2.34. The van der Waals surface area contributed by atoms with Crippen LogP contribution in [0.2, 0.25) is 0 Å². The van der Waals surface area contributed by atoms with Gasteiger partial charge in [-0.3, -0.25) is 9.69 Å². The average molecular weight is 439 g/mol. The van der Waals surface area contributed by atoms with Gasteiger partial charge < -0.3 is 14.2 Å². The lowest BCUT2D eigenvalue weighted by atomic mass is 10.1. The number of carbonyl (C=O) groups is 1. The minimum atomic E-state index is -4.42. The Morgan fingerprint density at radius 1 is 1.13 bits per heavy atom. The van der Waals surface area contributed by atoms with Gasteiger partial charge in [-0.05, 0) is 45.4 Å². The zero-order chi connectivity index (χ0) is 22.4. The number of halogens is 3. The van der Waals surface area contributed by atoms with E-state index in [1.807, 2.05) is 18.7 Å². The number of nitrogens with zero attached hydrogens (tertiary/aromatic N) is 3. The van der Waals surface area contributed by atoms with Crippen LogP contribution in [0.25, 0.3) is 0 Å². The van der Waals surface area contributed by atoms with Gasteiger partial charge in [-0.15, -0.1) is 0 Å².